The maximum atomic E-state index is 14.5. The molecule has 5 amide bonds. The Kier molecular flexibility index (Phi) is 31.8. The van der Waals surface area contributed by atoms with E-state index in [1.807, 2.05) is 93.6 Å². The highest BCUT2D eigenvalue weighted by Crippen LogP contribution is 2.37. The summed E-state index contributed by atoms with van der Waals surface area (Å²) in [6, 6.07) is 11.0. The van der Waals surface area contributed by atoms with Crippen LogP contribution < -0.4 is 21.7 Å². The first-order chi connectivity index (χ1) is 59.4. The zero-order valence-corrected chi connectivity index (χ0v) is 72.3. The molecule has 31 nitrogen and oxygen atoms in total. The van der Waals surface area contributed by atoms with Gasteiger partial charge < -0.3 is 74.5 Å². The van der Waals surface area contributed by atoms with Gasteiger partial charge in [0.15, 0.2) is 11.2 Å². The van der Waals surface area contributed by atoms with Crippen LogP contribution in [0.5, 0.6) is 0 Å². The average molecular weight is 1690 g/mol. The number of nitrogens with one attached hydrogen (secondary N) is 1. The van der Waals surface area contributed by atoms with Gasteiger partial charge in [-0.1, -0.05) is 75.4 Å². The number of hydrogen-bond donors (Lipinski definition) is 4. The number of allylic oxidation sites excluding steroid dienone is 6. The first-order valence-electron chi connectivity index (χ1n) is 44.5. The van der Waals surface area contributed by atoms with Gasteiger partial charge in [0.05, 0.1) is 49.9 Å². The molecule has 5 fully saturated rings. The van der Waals surface area contributed by atoms with Crippen molar-refractivity contribution in [3.05, 3.63) is 125 Å². The molecule has 7 aliphatic rings. The van der Waals surface area contributed by atoms with Gasteiger partial charge in [0.25, 0.3) is 11.9 Å². The number of aliphatic hydroxyl groups is 1. The quantitative estimate of drug-likeness (QED) is 0.0239. The summed E-state index contributed by atoms with van der Waals surface area (Å²) in [6.07, 6.45) is 24.5. The summed E-state index contributed by atoms with van der Waals surface area (Å²) in [4.78, 5) is 143. The summed E-state index contributed by atoms with van der Waals surface area (Å²) >= 11 is 0. The number of amides is 5. The van der Waals surface area contributed by atoms with Crippen LogP contribution in [0.2, 0.25) is 0 Å². The number of anilines is 3. The third-order valence-corrected chi connectivity index (χ3v) is 25.6. The molecule has 2 aromatic carbocycles. The van der Waals surface area contributed by atoms with Gasteiger partial charge in [-0.3, -0.25) is 33.7 Å². The molecule has 6 N–H and O–H groups in total. The fourth-order valence-corrected chi connectivity index (χ4v) is 18.2. The van der Waals surface area contributed by atoms with Gasteiger partial charge in [-0.15, -0.1) is 0 Å². The van der Waals surface area contributed by atoms with Crippen molar-refractivity contribution in [2.75, 3.05) is 109 Å². The Balaban J connectivity index is 0.490. The zero-order valence-electron chi connectivity index (χ0n) is 72.3. The molecular weight excluding hydrogens is 1570 g/mol. The van der Waals surface area contributed by atoms with Gasteiger partial charge >= 0.3 is 12.1 Å². The van der Waals surface area contributed by atoms with E-state index in [1.54, 1.807) is 25.6 Å². The number of carbonyl (C=O) groups excluding carboxylic acids is 8. The second-order valence-corrected chi connectivity index (χ2v) is 34.7. The predicted molar refractivity (Wildman–Crippen MR) is 464 cm³/mol. The Labute approximate surface area is 720 Å². The van der Waals surface area contributed by atoms with Gasteiger partial charge in [-0.05, 0) is 180 Å². The number of oxazole rings is 1. The van der Waals surface area contributed by atoms with Crippen LogP contribution in [0.4, 0.5) is 22.6 Å². The minimum Gasteiger partial charge on any atom is -0.461 e. The largest absolute Gasteiger partial charge is 0.461 e. The number of methoxy groups -OCH3 is 1. The van der Waals surface area contributed by atoms with Gasteiger partial charge in [-0.25, -0.2) is 34.2 Å². The summed E-state index contributed by atoms with van der Waals surface area (Å²) in [5, 5.41) is 19.7. The lowest BCUT2D eigenvalue weighted by Crippen LogP contribution is -2.54. The van der Waals surface area contributed by atoms with Gasteiger partial charge in [0.2, 0.25) is 29.5 Å². The molecule has 13 rings (SSSR count). The third-order valence-electron chi connectivity index (χ3n) is 25.6. The highest BCUT2D eigenvalue weighted by molar-refractivity contribution is 6.38. The molecule has 4 aromatic heterocycles. The van der Waals surface area contributed by atoms with E-state index in [9.17, 15) is 43.5 Å². The number of hydrogen-bond acceptors (Lipinski definition) is 25. The lowest BCUT2D eigenvalue weighted by molar-refractivity contribution is -0.167. The minimum absolute atomic E-state index is 0.00621. The number of aromatic nitrogens is 7. The second kappa shape index (κ2) is 43.3. The van der Waals surface area contributed by atoms with Crippen molar-refractivity contribution in [2.24, 2.45) is 23.7 Å². The summed E-state index contributed by atoms with van der Waals surface area (Å²) in [7, 11) is 1.65. The number of ether oxygens (including phenoxy) is 5. The van der Waals surface area contributed by atoms with Crippen LogP contribution in [0.1, 0.15) is 185 Å². The van der Waals surface area contributed by atoms with Crippen molar-refractivity contribution in [3.63, 3.8) is 0 Å². The molecule has 4 saturated heterocycles. The molecule has 2 bridgehead atoms. The number of nitrogen functional groups attached to an aromatic ring is 2. The molecular formula is C92H124N16O15. The van der Waals surface area contributed by atoms with E-state index >= 15 is 0 Å². The van der Waals surface area contributed by atoms with E-state index < -0.39 is 48.1 Å². The van der Waals surface area contributed by atoms with Crippen molar-refractivity contribution in [1.29, 1.82) is 0 Å². The Morgan fingerprint density at radius 1 is 0.699 bits per heavy atom. The highest BCUT2D eigenvalue weighted by atomic mass is 16.6. The number of esters is 1. The summed E-state index contributed by atoms with van der Waals surface area (Å²) in [6.45, 7) is 17.9. The number of aliphatic hydroxyl groups excluding tert-OH is 1. The fraction of sp³-hybridized carbons (Fsp3) is 0.587. The molecule has 31 heteroatoms. The molecule has 1 saturated carbocycles. The standard InChI is InChI=1S/C92H124N16O15/c1-59-13-8-7-9-14-61(3)79(118-6)51-72-15-12-17-78(120-72)85(114)88(115)107-34-11-10-16-74(107)89(116)121-70(25-18-60(2)48-63(5)76(110)52-75(109)62(4)47-59)26-20-64-21-27-71(28-22-64)122-92(117)97-55-66-53-95-91(96-54-66)105-42-40-104(41-43-105)82(113)33-45-119-46-44-102-36-38-103(39-37-102)80(111)30-31-81(112)106-35-32-67-49-65(19-23-69(67)57-106)56-108-87-83(86(93)98-58-99-87)84(101-108)68-24-29-77-73(50-68)100-90(94)123-77/h7-9,13-14,19,23-24,29,48-50,53-54,58-60,62,64,70-72,74,76,78-79,110H,10-12,15-18,20-22,25-28,30-47,51-52,55-57H2,1-6H3,(H2,94,100)(H,97,117)(H2,93,98,99)/b9-7?,13-8+,61-14?,63-48+/t59-,60+,62-,64?,70+,71?,72?,74+,76+,78?,79+/m1/s1. The number of cyclic esters (lactones) is 1. The van der Waals surface area contributed by atoms with Crippen LogP contribution in [0.25, 0.3) is 33.4 Å². The number of nitrogens with two attached hydrogens (primary N) is 2. The van der Waals surface area contributed by atoms with E-state index in [-0.39, 0.29) is 110 Å². The Hall–Kier alpha value is -10.3. The monoisotopic (exact) mass is 1690 g/mol. The molecule has 662 valence electrons. The summed E-state index contributed by atoms with van der Waals surface area (Å²) < 4.78 is 37.9. The van der Waals surface area contributed by atoms with Crippen LogP contribution in [-0.2, 0) is 83.3 Å². The highest BCUT2D eigenvalue weighted by Gasteiger charge is 2.42. The Bertz CT molecular complexity index is 4790. The normalized spacial score (nSPS) is 25.7. The predicted octanol–water partition coefficient (Wildman–Crippen LogP) is 10.4. The number of ketones is 2. The van der Waals surface area contributed by atoms with Crippen LogP contribution in [0.3, 0.4) is 0 Å². The summed E-state index contributed by atoms with van der Waals surface area (Å²) in [5.74, 6) is -0.897. The lowest BCUT2D eigenvalue weighted by Gasteiger charge is -2.36. The second-order valence-electron chi connectivity index (χ2n) is 34.7. The maximum Gasteiger partial charge on any atom is 0.407 e. The number of nitrogens with zero attached hydrogens (tertiary/aromatic N) is 13. The first kappa shape index (κ1) is 90.4. The molecule has 0 spiro atoms. The lowest BCUT2D eigenvalue weighted by atomic mass is 9.83. The number of benzene rings is 2. The molecule has 2 unspecified atom stereocenters. The smallest absolute Gasteiger partial charge is 0.407 e. The molecule has 1 aliphatic carbocycles. The fourth-order valence-electron chi connectivity index (χ4n) is 18.2. The van der Waals surface area contributed by atoms with Gasteiger partial charge in [0.1, 0.15) is 53.5 Å². The van der Waals surface area contributed by atoms with Crippen molar-refractivity contribution >= 4 is 87.2 Å². The number of fused-ring (bicyclic) bond motifs is 6. The first-order valence-corrected chi connectivity index (χ1v) is 44.5. The van der Waals surface area contributed by atoms with Crippen molar-refractivity contribution in [1.82, 2.24) is 64.5 Å². The zero-order chi connectivity index (χ0) is 86.6. The van der Waals surface area contributed by atoms with Gasteiger partial charge in [-0.2, -0.15) is 10.1 Å². The third kappa shape index (κ3) is 24.6. The number of alkyl carbamates (subject to hydrolysis) is 1. The minimum atomic E-state index is -0.930. The number of Topliss-reactive ketones (excluding diaryl/α,β-unsaturated/α-hetero) is 2. The van der Waals surface area contributed by atoms with Crippen LogP contribution >= 0.6 is 0 Å². The van der Waals surface area contributed by atoms with Crippen LogP contribution in [0, 0.1) is 23.7 Å². The van der Waals surface area contributed by atoms with Crippen molar-refractivity contribution in [2.45, 2.75) is 232 Å². The molecule has 6 aromatic rings. The Morgan fingerprint density at radius 3 is 2.23 bits per heavy atom. The van der Waals surface area contributed by atoms with Crippen LogP contribution in [0.15, 0.2) is 107 Å². The SMILES string of the molecule is CO[C@H]1CC2CCCC(O2)C(=O)C(=O)N2CCCC[C@H]2C(=O)O[C@H](CCC2CCC(OC(=O)NCc3cnc(N4CCN(C(=O)CCOCCN5CCN(C(=O)CCC(=O)N6CCc7cc(Cn8nc(-c9ccc%10oc(N)nc%10c9)c9c(N)ncnc98)ccc7C6)CC5)CC4)nc3)CC2)CC[C@H](C)/C=C(\C)[C@@H](O)CC(=O)[C@H](C)C[C@H](C)/C=C/C=CC=C1C. The summed E-state index contributed by atoms with van der Waals surface area (Å²) in [5.41, 5.74) is 21.0. The topological polar surface area (TPSA) is 382 Å². The average Bonchev–Trinajstić information content (AvgIpc) is 1.62. The maximum absolute atomic E-state index is 14.5. The van der Waals surface area contributed by atoms with E-state index in [4.69, 9.17) is 44.7 Å². The van der Waals surface area contributed by atoms with E-state index in [1.165, 1.54) is 11.2 Å². The molecule has 0 radical (unpaired) electrons. The van der Waals surface area contributed by atoms with Crippen molar-refractivity contribution < 1.29 is 71.6 Å². The number of piperazine rings is 2. The van der Waals surface area contributed by atoms with Gasteiger partial charge in [0, 0.05) is 147 Å². The number of piperidine rings is 1. The number of rotatable bonds is 20. The molecule has 123 heavy (non-hydrogen) atoms. The Morgan fingerprint density at radius 2 is 1.46 bits per heavy atom. The number of carbonyl (C=O) groups is 8. The molecule has 10 heterocycles. The van der Waals surface area contributed by atoms with E-state index in [2.05, 4.69) is 67.2 Å². The van der Waals surface area contributed by atoms with Crippen molar-refractivity contribution in [3.8, 4) is 11.3 Å². The molecule has 6 aliphatic heterocycles. The van der Waals surface area contributed by atoms with Crippen LogP contribution in [-0.4, -0.2) is 247 Å². The van der Waals surface area contributed by atoms with E-state index in [0.717, 1.165) is 53.5 Å². The van der Waals surface area contributed by atoms with E-state index in [0.29, 0.717) is 226 Å². The molecule has 9 atom stereocenters.